The largest absolute Gasteiger partial charge is 0.334 e. The van der Waals surface area contributed by atoms with E-state index in [1.807, 2.05) is 6.92 Å². The van der Waals surface area contributed by atoms with Crippen molar-refractivity contribution in [2.45, 2.75) is 39.2 Å². The minimum absolute atomic E-state index is 0.0196. The Morgan fingerprint density at radius 3 is 2.50 bits per heavy atom. The number of rotatable bonds is 3. The molecule has 0 aromatic carbocycles. The summed E-state index contributed by atoms with van der Waals surface area (Å²) in [5, 5.41) is 2.85. The molecule has 1 fully saturated rings. The number of hydrogen-bond acceptors (Lipinski definition) is 2. The molecule has 0 aliphatic carbocycles. The standard InChI is InChI=1S/C10H18N2O2/c1-4-6-7-8(5-2)11-10(14)12(3)9(7)13/h7-8H,4-6H2,1-3H3,(H,11,14). The molecule has 1 rings (SSSR count). The van der Waals surface area contributed by atoms with E-state index in [0.29, 0.717) is 0 Å². The molecule has 1 heterocycles. The first-order valence-electron chi connectivity index (χ1n) is 5.19. The zero-order valence-electron chi connectivity index (χ0n) is 9.04. The lowest BCUT2D eigenvalue weighted by molar-refractivity contribution is -0.134. The second kappa shape index (κ2) is 4.44. The Bertz CT molecular complexity index is 240. The number of carbonyl (C=O) groups is 2. The Morgan fingerprint density at radius 2 is 2.00 bits per heavy atom. The zero-order valence-corrected chi connectivity index (χ0v) is 9.04. The summed E-state index contributed by atoms with van der Waals surface area (Å²) in [6, 6.07) is -0.250. The normalized spacial score (nSPS) is 27.8. The van der Waals surface area contributed by atoms with E-state index in [4.69, 9.17) is 0 Å². The molecule has 14 heavy (non-hydrogen) atoms. The molecule has 1 aliphatic heterocycles. The molecule has 4 heteroatoms. The fourth-order valence-electron chi connectivity index (χ4n) is 1.90. The Balaban J connectivity index is 2.78. The topological polar surface area (TPSA) is 49.4 Å². The van der Waals surface area contributed by atoms with E-state index in [1.54, 1.807) is 0 Å². The van der Waals surface area contributed by atoms with Gasteiger partial charge in [-0.15, -0.1) is 0 Å². The first-order chi connectivity index (χ1) is 6.61. The molecule has 1 aliphatic rings. The summed E-state index contributed by atoms with van der Waals surface area (Å²) in [4.78, 5) is 24.3. The molecular weight excluding hydrogens is 180 g/mol. The first kappa shape index (κ1) is 11.0. The van der Waals surface area contributed by atoms with Gasteiger partial charge < -0.3 is 5.32 Å². The molecule has 0 spiro atoms. The number of amides is 3. The monoisotopic (exact) mass is 198 g/mol. The summed E-state index contributed by atoms with van der Waals surface area (Å²) in [7, 11) is 1.53. The molecule has 0 saturated carbocycles. The van der Waals surface area contributed by atoms with Crippen LogP contribution < -0.4 is 5.32 Å². The van der Waals surface area contributed by atoms with Crippen LogP contribution in [0.15, 0.2) is 0 Å². The van der Waals surface area contributed by atoms with Gasteiger partial charge in [-0.1, -0.05) is 20.3 Å². The highest BCUT2D eigenvalue weighted by Crippen LogP contribution is 2.20. The van der Waals surface area contributed by atoms with Crippen LogP contribution in [0.3, 0.4) is 0 Å². The van der Waals surface area contributed by atoms with Gasteiger partial charge in [-0.05, 0) is 12.8 Å². The molecule has 3 amide bonds. The van der Waals surface area contributed by atoms with Gasteiger partial charge in [0.2, 0.25) is 5.91 Å². The molecular formula is C10H18N2O2. The maximum Gasteiger partial charge on any atom is 0.324 e. The van der Waals surface area contributed by atoms with Crippen LogP contribution in [-0.4, -0.2) is 29.9 Å². The molecule has 1 saturated heterocycles. The van der Waals surface area contributed by atoms with Crippen LogP contribution in [0, 0.1) is 5.92 Å². The van der Waals surface area contributed by atoms with Crippen molar-refractivity contribution < 1.29 is 9.59 Å². The van der Waals surface area contributed by atoms with Crippen molar-refractivity contribution in [1.82, 2.24) is 10.2 Å². The molecule has 1 N–H and O–H groups in total. The quantitative estimate of drug-likeness (QED) is 0.744. The van der Waals surface area contributed by atoms with Crippen LogP contribution in [0.1, 0.15) is 33.1 Å². The summed E-state index contributed by atoms with van der Waals surface area (Å²) >= 11 is 0. The van der Waals surface area contributed by atoms with Crippen molar-refractivity contribution >= 4 is 11.9 Å². The number of imide groups is 1. The van der Waals surface area contributed by atoms with Gasteiger partial charge in [0.05, 0.1) is 5.92 Å². The number of carbonyl (C=O) groups excluding carboxylic acids is 2. The molecule has 80 valence electrons. The fraction of sp³-hybridized carbons (Fsp3) is 0.800. The second-order valence-corrected chi connectivity index (χ2v) is 3.76. The van der Waals surface area contributed by atoms with Gasteiger partial charge in [0, 0.05) is 13.1 Å². The predicted molar refractivity (Wildman–Crippen MR) is 53.8 cm³/mol. The second-order valence-electron chi connectivity index (χ2n) is 3.76. The molecule has 2 atom stereocenters. The van der Waals surface area contributed by atoms with Crippen LogP contribution in [0.2, 0.25) is 0 Å². The first-order valence-corrected chi connectivity index (χ1v) is 5.19. The van der Waals surface area contributed by atoms with E-state index < -0.39 is 0 Å². The molecule has 0 radical (unpaired) electrons. The van der Waals surface area contributed by atoms with Crippen molar-refractivity contribution in [2.24, 2.45) is 5.92 Å². The molecule has 2 unspecified atom stereocenters. The summed E-state index contributed by atoms with van der Waals surface area (Å²) in [5.74, 6) is -0.0739. The third-order valence-corrected chi connectivity index (χ3v) is 2.79. The Hall–Kier alpha value is -1.06. The lowest BCUT2D eigenvalue weighted by Gasteiger charge is -2.35. The van der Waals surface area contributed by atoms with Gasteiger partial charge >= 0.3 is 6.03 Å². The van der Waals surface area contributed by atoms with E-state index in [0.717, 1.165) is 19.3 Å². The highest BCUT2D eigenvalue weighted by molar-refractivity contribution is 5.98. The van der Waals surface area contributed by atoms with Crippen LogP contribution in [-0.2, 0) is 4.79 Å². The van der Waals surface area contributed by atoms with Crippen LogP contribution in [0.25, 0.3) is 0 Å². The van der Waals surface area contributed by atoms with E-state index in [9.17, 15) is 9.59 Å². The molecule has 4 nitrogen and oxygen atoms in total. The predicted octanol–water partition coefficient (Wildman–Crippen LogP) is 1.36. The molecule has 0 aromatic heterocycles. The third-order valence-electron chi connectivity index (χ3n) is 2.79. The SMILES string of the molecule is CCCC1C(=O)N(C)C(=O)NC1CC. The molecule has 0 bridgehead atoms. The number of nitrogens with zero attached hydrogens (tertiary/aromatic N) is 1. The summed E-state index contributed by atoms with van der Waals surface area (Å²) in [5.41, 5.74) is 0. The van der Waals surface area contributed by atoms with Crippen molar-refractivity contribution in [3.63, 3.8) is 0 Å². The lowest BCUT2D eigenvalue weighted by atomic mass is 9.90. The Labute approximate surface area is 84.7 Å². The number of nitrogens with one attached hydrogen (secondary N) is 1. The summed E-state index contributed by atoms with van der Waals surface area (Å²) in [6.07, 6.45) is 2.63. The number of hydrogen-bond donors (Lipinski definition) is 1. The van der Waals surface area contributed by atoms with E-state index >= 15 is 0 Å². The van der Waals surface area contributed by atoms with Crippen LogP contribution in [0.4, 0.5) is 4.79 Å². The lowest BCUT2D eigenvalue weighted by Crippen LogP contribution is -2.58. The van der Waals surface area contributed by atoms with E-state index in [1.165, 1.54) is 11.9 Å². The van der Waals surface area contributed by atoms with Gasteiger partial charge in [0.25, 0.3) is 0 Å². The van der Waals surface area contributed by atoms with E-state index in [-0.39, 0.29) is 23.9 Å². The van der Waals surface area contributed by atoms with Gasteiger partial charge in [-0.25, -0.2) is 4.79 Å². The van der Waals surface area contributed by atoms with Gasteiger partial charge in [-0.2, -0.15) is 0 Å². The van der Waals surface area contributed by atoms with Crippen molar-refractivity contribution in [3.05, 3.63) is 0 Å². The van der Waals surface area contributed by atoms with Crippen molar-refractivity contribution in [2.75, 3.05) is 7.05 Å². The van der Waals surface area contributed by atoms with E-state index in [2.05, 4.69) is 12.2 Å². The van der Waals surface area contributed by atoms with Gasteiger partial charge in [0.15, 0.2) is 0 Å². The fourth-order valence-corrected chi connectivity index (χ4v) is 1.90. The van der Waals surface area contributed by atoms with Gasteiger partial charge in [0.1, 0.15) is 0 Å². The van der Waals surface area contributed by atoms with Gasteiger partial charge in [-0.3, -0.25) is 9.69 Å². The van der Waals surface area contributed by atoms with Crippen LogP contribution >= 0.6 is 0 Å². The van der Waals surface area contributed by atoms with Crippen molar-refractivity contribution in [3.8, 4) is 0 Å². The van der Waals surface area contributed by atoms with Crippen molar-refractivity contribution in [1.29, 1.82) is 0 Å². The summed E-state index contributed by atoms with van der Waals surface area (Å²) < 4.78 is 0. The summed E-state index contributed by atoms with van der Waals surface area (Å²) in [6.45, 7) is 4.04. The average molecular weight is 198 g/mol. The van der Waals surface area contributed by atoms with Crippen LogP contribution in [0.5, 0.6) is 0 Å². The Morgan fingerprint density at radius 1 is 1.36 bits per heavy atom. The zero-order chi connectivity index (χ0) is 10.7. The molecule has 0 aromatic rings. The maximum absolute atomic E-state index is 11.8. The number of urea groups is 1. The average Bonchev–Trinajstić information content (AvgIpc) is 2.19. The Kier molecular flexibility index (Phi) is 3.49. The maximum atomic E-state index is 11.8. The minimum atomic E-state index is -0.269. The highest BCUT2D eigenvalue weighted by Gasteiger charge is 2.37. The minimum Gasteiger partial charge on any atom is -0.334 e. The third kappa shape index (κ3) is 1.89. The highest BCUT2D eigenvalue weighted by atomic mass is 16.2. The smallest absolute Gasteiger partial charge is 0.324 e.